The van der Waals surface area contributed by atoms with Crippen molar-refractivity contribution in [1.82, 2.24) is 25.0 Å². The normalized spacial score (nSPS) is 12.5. The molecule has 6 heteroatoms. The first kappa shape index (κ1) is 11.6. The third-order valence-electron chi connectivity index (χ3n) is 2.02. The summed E-state index contributed by atoms with van der Waals surface area (Å²) < 4.78 is 1.63. The lowest BCUT2D eigenvalue weighted by Crippen LogP contribution is -2.41. The minimum Gasteiger partial charge on any atom is -0.347 e. The van der Waals surface area contributed by atoms with Gasteiger partial charge in [0, 0.05) is 21.1 Å². The Balaban J connectivity index is 2.40. The molecule has 1 aromatic rings. The summed E-state index contributed by atoms with van der Waals surface area (Å²) in [6.07, 6.45) is 1.63. The van der Waals surface area contributed by atoms with Crippen molar-refractivity contribution in [2.75, 3.05) is 14.1 Å². The number of hydrogen-bond acceptors (Lipinski definition) is 4. The zero-order valence-electron chi connectivity index (χ0n) is 9.56. The lowest BCUT2D eigenvalue weighted by Gasteiger charge is -2.17. The zero-order valence-corrected chi connectivity index (χ0v) is 9.56. The van der Waals surface area contributed by atoms with E-state index in [0.29, 0.717) is 12.4 Å². The molecule has 0 saturated heterocycles. The topological polar surface area (TPSA) is 63.1 Å². The van der Waals surface area contributed by atoms with Gasteiger partial charge in [-0.2, -0.15) is 5.10 Å². The van der Waals surface area contributed by atoms with Gasteiger partial charge in [-0.25, -0.2) is 4.98 Å². The molecule has 1 aromatic heterocycles. The van der Waals surface area contributed by atoms with E-state index in [-0.39, 0.29) is 11.9 Å². The number of likely N-dealkylation sites (N-methyl/N-ethyl adjacent to an activating group) is 1. The lowest BCUT2D eigenvalue weighted by atomic mass is 10.3. The van der Waals surface area contributed by atoms with Gasteiger partial charge in [-0.3, -0.25) is 14.8 Å². The quantitative estimate of drug-likeness (QED) is 0.721. The summed E-state index contributed by atoms with van der Waals surface area (Å²) in [7, 11) is 5.28. The van der Waals surface area contributed by atoms with E-state index in [4.69, 9.17) is 0 Å². The molecule has 84 valence electrons. The van der Waals surface area contributed by atoms with Gasteiger partial charge in [0.15, 0.2) is 5.82 Å². The van der Waals surface area contributed by atoms with Crippen LogP contribution in [0.25, 0.3) is 0 Å². The van der Waals surface area contributed by atoms with Gasteiger partial charge < -0.3 is 4.90 Å². The molecular formula is C9H17N5O. The maximum Gasteiger partial charge on any atom is 0.238 e. The summed E-state index contributed by atoms with van der Waals surface area (Å²) in [5, 5.41) is 7.17. The van der Waals surface area contributed by atoms with E-state index < -0.39 is 0 Å². The molecule has 1 amide bonds. The number of aromatic nitrogens is 3. The van der Waals surface area contributed by atoms with Crippen LogP contribution in [0.1, 0.15) is 12.7 Å². The van der Waals surface area contributed by atoms with Crippen LogP contribution in [0.3, 0.4) is 0 Å². The highest BCUT2D eigenvalue weighted by molar-refractivity contribution is 5.80. The standard InChI is InChI=1S/C9H17N5O/c1-7(9(15)13(2)3)10-5-8-11-6-14(4)12-8/h6-7,10H,5H2,1-4H3. The first-order chi connectivity index (χ1) is 7.00. The van der Waals surface area contributed by atoms with Crippen LogP contribution in [0.2, 0.25) is 0 Å². The number of hydrogen-bond donors (Lipinski definition) is 1. The van der Waals surface area contributed by atoms with Crippen LogP contribution in [0.5, 0.6) is 0 Å². The summed E-state index contributed by atoms with van der Waals surface area (Å²) >= 11 is 0. The Labute approximate surface area is 89.3 Å². The average molecular weight is 211 g/mol. The second-order valence-electron chi connectivity index (χ2n) is 3.67. The molecule has 1 heterocycles. The van der Waals surface area contributed by atoms with E-state index in [0.717, 1.165) is 0 Å². The van der Waals surface area contributed by atoms with Gasteiger partial charge >= 0.3 is 0 Å². The van der Waals surface area contributed by atoms with Gasteiger partial charge in [0.2, 0.25) is 5.91 Å². The second kappa shape index (κ2) is 4.88. The van der Waals surface area contributed by atoms with E-state index in [9.17, 15) is 4.79 Å². The van der Waals surface area contributed by atoms with Crippen LogP contribution < -0.4 is 5.32 Å². The monoisotopic (exact) mass is 211 g/mol. The van der Waals surface area contributed by atoms with E-state index >= 15 is 0 Å². The molecule has 0 aliphatic carbocycles. The highest BCUT2D eigenvalue weighted by Crippen LogP contribution is 1.92. The maximum absolute atomic E-state index is 11.5. The summed E-state index contributed by atoms with van der Waals surface area (Å²) in [6, 6.07) is -0.219. The number of nitrogens with one attached hydrogen (secondary N) is 1. The Morgan fingerprint density at radius 1 is 1.67 bits per heavy atom. The molecule has 15 heavy (non-hydrogen) atoms. The van der Waals surface area contributed by atoms with Crippen molar-refractivity contribution in [1.29, 1.82) is 0 Å². The van der Waals surface area contributed by atoms with Gasteiger partial charge in [-0.1, -0.05) is 0 Å². The minimum atomic E-state index is -0.219. The summed E-state index contributed by atoms with van der Waals surface area (Å²) in [5.74, 6) is 0.738. The Hall–Kier alpha value is -1.43. The van der Waals surface area contributed by atoms with Crippen molar-refractivity contribution in [3.8, 4) is 0 Å². The zero-order chi connectivity index (χ0) is 11.4. The predicted octanol–water partition coefficient (Wildman–Crippen LogP) is -0.619. The molecule has 0 spiro atoms. The van der Waals surface area contributed by atoms with E-state index in [1.807, 2.05) is 14.0 Å². The smallest absolute Gasteiger partial charge is 0.238 e. The van der Waals surface area contributed by atoms with Gasteiger partial charge in [-0.15, -0.1) is 0 Å². The number of nitrogens with zero attached hydrogens (tertiary/aromatic N) is 4. The molecule has 1 rings (SSSR count). The Bertz CT molecular complexity index is 333. The maximum atomic E-state index is 11.5. The van der Waals surface area contributed by atoms with Crippen molar-refractivity contribution >= 4 is 5.91 Å². The van der Waals surface area contributed by atoms with E-state index in [2.05, 4.69) is 15.4 Å². The van der Waals surface area contributed by atoms with Crippen LogP contribution in [0, 0.1) is 0 Å². The molecule has 0 radical (unpaired) electrons. The van der Waals surface area contributed by atoms with Crippen molar-refractivity contribution < 1.29 is 4.79 Å². The van der Waals surface area contributed by atoms with Gasteiger partial charge in [0.25, 0.3) is 0 Å². The number of rotatable bonds is 4. The second-order valence-corrected chi connectivity index (χ2v) is 3.67. The van der Waals surface area contributed by atoms with Crippen LogP contribution >= 0.6 is 0 Å². The molecule has 0 aromatic carbocycles. The van der Waals surface area contributed by atoms with Crippen molar-refractivity contribution in [2.24, 2.45) is 7.05 Å². The van der Waals surface area contributed by atoms with E-state index in [1.165, 1.54) is 0 Å². The first-order valence-electron chi connectivity index (χ1n) is 4.79. The molecule has 1 unspecified atom stereocenters. The van der Waals surface area contributed by atoms with Gasteiger partial charge in [-0.05, 0) is 6.92 Å². The van der Waals surface area contributed by atoms with Crippen LogP contribution in [-0.4, -0.2) is 45.7 Å². The summed E-state index contributed by atoms with van der Waals surface area (Å²) in [4.78, 5) is 17.1. The Morgan fingerprint density at radius 2 is 2.33 bits per heavy atom. The molecule has 1 N–H and O–H groups in total. The molecule has 0 fully saturated rings. The third kappa shape index (κ3) is 3.32. The summed E-state index contributed by atoms with van der Waals surface area (Å²) in [5.41, 5.74) is 0. The molecule has 0 aliphatic heterocycles. The molecule has 0 bridgehead atoms. The van der Waals surface area contributed by atoms with Gasteiger partial charge in [0.05, 0.1) is 12.6 Å². The first-order valence-corrected chi connectivity index (χ1v) is 4.79. The predicted molar refractivity (Wildman–Crippen MR) is 56.0 cm³/mol. The van der Waals surface area contributed by atoms with Gasteiger partial charge in [0.1, 0.15) is 6.33 Å². The molecule has 6 nitrogen and oxygen atoms in total. The fourth-order valence-electron chi connectivity index (χ4n) is 1.18. The fourth-order valence-corrected chi connectivity index (χ4v) is 1.18. The van der Waals surface area contributed by atoms with Crippen LogP contribution in [0.15, 0.2) is 6.33 Å². The fraction of sp³-hybridized carbons (Fsp3) is 0.667. The molecule has 0 aliphatic rings. The molecule has 0 saturated carbocycles. The molecular weight excluding hydrogens is 194 g/mol. The SMILES string of the molecule is CC(NCc1ncn(C)n1)C(=O)N(C)C. The van der Waals surface area contributed by atoms with Crippen LogP contribution in [0.4, 0.5) is 0 Å². The molecule has 1 atom stereocenters. The summed E-state index contributed by atoms with van der Waals surface area (Å²) in [6.45, 7) is 2.33. The minimum absolute atomic E-state index is 0.0472. The largest absolute Gasteiger partial charge is 0.347 e. The number of carbonyl (C=O) groups excluding carboxylic acids is 1. The van der Waals surface area contributed by atoms with Crippen molar-refractivity contribution in [2.45, 2.75) is 19.5 Å². The Kier molecular flexibility index (Phi) is 3.79. The van der Waals surface area contributed by atoms with E-state index in [1.54, 1.807) is 30.0 Å². The number of amides is 1. The Morgan fingerprint density at radius 3 is 2.80 bits per heavy atom. The number of aryl methyl sites for hydroxylation is 1. The average Bonchev–Trinajstić information content (AvgIpc) is 2.59. The third-order valence-corrected chi connectivity index (χ3v) is 2.02. The number of carbonyl (C=O) groups is 1. The highest BCUT2D eigenvalue weighted by Gasteiger charge is 2.14. The van der Waals surface area contributed by atoms with Crippen molar-refractivity contribution in [3.05, 3.63) is 12.2 Å². The van der Waals surface area contributed by atoms with Crippen LogP contribution in [-0.2, 0) is 18.4 Å². The lowest BCUT2D eigenvalue weighted by molar-refractivity contribution is -0.130. The van der Waals surface area contributed by atoms with Crippen molar-refractivity contribution in [3.63, 3.8) is 0 Å². The highest BCUT2D eigenvalue weighted by atomic mass is 16.2.